The molecule has 0 heterocycles. The van der Waals surface area contributed by atoms with Gasteiger partial charge in [-0.25, -0.2) is 0 Å². The number of methoxy groups -OCH3 is 1. The Morgan fingerprint density at radius 2 is 1.36 bits per heavy atom. The van der Waals surface area contributed by atoms with Crippen LogP contribution >= 0.6 is 0 Å². The summed E-state index contributed by atoms with van der Waals surface area (Å²) in [6.45, 7) is 9.61. The van der Waals surface area contributed by atoms with Gasteiger partial charge in [0.15, 0.2) is 0 Å². The van der Waals surface area contributed by atoms with Crippen LogP contribution in [0.2, 0.25) is 15.8 Å². The SMILES string of the molecule is CC/C=C/[C@H](OCOC)[Ge]([CH2]CCC)([CH2]CCC)[CH2]CCC. The maximum atomic E-state index is 6.22. The molecule has 0 radical (unpaired) electrons. The number of unbranched alkanes of at least 4 members (excludes halogenated alkanes) is 3. The van der Waals surface area contributed by atoms with Gasteiger partial charge in [0.2, 0.25) is 0 Å². The normalized spacial score (nSPS) is 13.9. The van der Waals surface area contributed by atoms with Crippen molar-refractivity contribution in [2.75, 3.05) is 13.9 Å². The van der Waals surface area contributed by atoms with E-state index in [1.54, 1.807) is 7.11 Å². The topological polar surface area (TPSA) is 18.5 Å². The van der Waals surface area contributed by atoms with Gasteiger partial charge in [-0.05, 0) is 0 Å². The average molecular weight is 373 g/mol. The molecule has 0 aromatic carbocycles. The fraction of sp³-hybridized carbons (Fsp3) is 0.895. The maximum absolute atomic E-state index is 6.22. The van der Waals surface area contributed by atoms with Crippen LogP contribution in [0.25, 0.3) is 0 Å². The van der Waals surface area contributed by atoms with Crippen molar-refractivity contribution in [2.24, 2.45) is 0 Å². The Balaban J connectivity index is 5.27. The quantitative estimate of drug-likeness (QED) is 0.190. The first kappa shape index (κ1) is 22.2. The second-order valence-electron chi connectivity index (χ2n) is 6.50. The number of ether oxygens (including phenoxy) is 2. The van der Waals surface area contributed by atoms with E-state index in [-0.39, 0.29) is 0 Å². The van der Waals surface area contributed by atoms with Crippen LogP contribution in [0.1, 0.15) is 72.6 Å². The van der Waals surface area contributed by atoms with Crippen LogP contribution in [-0.4, -0.2) is 32.1 Å². The monoisotopic (exact) mass is 374 g/mol. The third-order valence-electron chi connectivity index (χ3n) is 4.60. The summed E-state index contributed by atoms with van der Waals surface area (Å²) >= 11 is -2.06. The molecule has 0 saturated heterocycles. The van der Waals surface area contributed by atoms with Crippen LogP contribution in [0, 0.1) is 0 Å². The van der Waals surface area contributed by atoms with E-state index in [2.05, 4.69) is 39.8 Å². The molecule has 2 nitrogen and oxygen atoms in total. The fourth-order valence-electron chi connectivity index (χ4n) is 3.23. The molecule has 0 bridgehead atoms. The van der Waals surface area contributed by atoms with Crippen LogP contribution in [0.15, 0.2) is 12.2 Å². The Kier molecular flexibility index (Phi) is 14.9. The van der Waals surface area contributed by atoms with Gasteiger partial charge >= 0.3 is 142 Å². The molecular weight excluding hydrogens is 333 g/mol. The van der Waals surface area contributed by atoms with Crippen molar-refractivity contribution in [3.05, 3.63) is 12.2 Å². The van der Waals surface area contributed by atoms with E-state index in [0.29, 0.717) is 11.7 Å². The molecule has 132 valence electrons. The molecule has 0 aromatic heterocycles. The molecule has 0 unspecified atom stereocenters. The number of hydrogen-bond donors (Lipinski definition) is 0. The minimum absolute atomic E-state index is 0.379. The van der Waals surface area contributed by atoms with Crippen LogP contribution < -0.4 is 0 Å². The molecule has 22 heavy (non-hydrogen) atoms. The van der Waals surface area contributed by atoms with Gasteiger partial charge in [0.25, 0.3) is 0 Å². The van der Waals surface area contributed by atoms with Gasteiger partial charge in [-0.3, -0.25) is 0 Å². The number of rotatable bonds is 15. The second-order valence-corrected chi connectivity index (χ2v) is 16.6. The Labute approximate surface area is 142 Å². The summed E-state index contributed by atoms with van der Waals surface area (Å²) in [4.78, 5) is 0.379. The zero-order chi connectivity index (χ0) is 16.7. The minimum atomic E-state index is -2.06. The first-order valence-electron chi connectivity index (χ1n) is 9.47. The molecule has 0 N–H and O–H groups in total. The zero-order valence-electron chi connectivity index (χ0n) is 15.8. The van der Waals surface area contributed by atoms with Gasteiger partial charge in [0.05, 0.1) is 0 Å². The van der Waals surface area contributed by atoms with Crippen molar-refractivity contribution < 1.29 is 9.47 Å². The Hall–Kier alpha value is 0.203. The molecule has 0 aromatic rings. The van der Waals surface area contributed by atoms with Crippen molar-refractivity contribution in [1.29, 1.82) is 0 Å². The summed E-state index contributed by atoms with van der Waals surface area (Å²) in [7, 11) is 1.74. The zero-order valence-corrected chi connectivity index (χ0v) is 17.9. The van der Waals surface area contributed by atoms with Gasteiger partial charge < -0.3 is 0 Å². The fourth-order valence-corrected chi connectivity index (χ4v) is 15.3. The van der Waals surface area contributed by atoms with Gasteiger partial charge in [-0.2, -0.15) is 0 Å². The van der Waals surface area contributed by atoms with Crippen LogP contribution in [0.5, 0.6) is 0 Å². The standard InChI is InChI=1S/C19H40GeO2/c1-6-10-14-19(22-18-21-5)20(15-11-7-2,16-12-8-3)17-13-9-4/h10,14,19H,6-9,11-13,15-18H2,1-5H3/b14-10+/t19-/m0/s1. The van der Waals surface area contributed by atoms with Crippen LogP contribution in [-0.2, 0) is 9.47 Å². The van der Waals surface area contributed by atoms with Crippen molar-refractivity contribution in [3.8, 4) is 0 Å². The van der Waals surface area contributed by atoms with Gasteiger partial charge in [0.1, 0.15) is 0 Å². The summed E-state index contributed by atoms with van der Waals surface area (Å²) in [6.07, 6.45) is 13.8. The molecular formula is C19H40GeO2. The number of hydrogen-bond acceptors (Lipinski definition) is 2. The molecule has 0 aliphatic heterocycles. The van der Waals surface area contributed by atoms with E-state index < -0.39 is 13.3 Å². The van der Waals surface area contributed by atoms with E-state index in [1.807, 2.05) is 0 Å². The summed E-state index contributed by atoms with van der Waals surface area (Å²) in [5.41, 5.74) is 0. The van der Waals surface area contributed by atoms with E-state index in [1.165, 1.54) is 54.3 Å². The number of allylic oxidation sites excluding steroid dienone is 1. The summed E-state index contributed by atoms with van der Waals surface area (Å²) in [5.74, 6) is 0. The third kappa shape index (κ3) is 8.74. The van der Waals surface area contributed by atoms with Crippen LogP contribution in [0.3, 0.4) is 0 Å². The molecule has 0 saturated carbocycles. The molecule has 1 atom stereocenters. The molecule has 0 spiro atoms. The molecule has 0 aliphatic rings. The van der Waals surface area contributed by atoms with E-state index in [0.717, 1.165) is 6.42 Å². The summed E-state index contributed by atoms with van der Waals surface area (Å²) < 4.78 is 11.5. The van der Waals surface area contributed by atoms with E-state index >= 15 is 0 Å². The summed E-state index contributed by atoms with van der Waals surface area (Å²) in [5, 5.41) is 4.37. The van der Waals surface area contributed by atoms with Crippen molar-refractivity contribution >= 4 is 13.3 Å². The Morgan fingerprint density at radius 3 is 1.73 bits per heavy atom. The molecule has 0 rings (SSSR count). The van der Waals surface area contributed by atoms with E-state index in [9.17, 15) is 0 Å². The summed E-state index contributed by atoms with van der Waals surface area (Å²) in [6, 6.07) is 0. The Morgan fingerprint density at radius 1 is 0.864 bits per heavy atom. The predicted octanol–water partition coefficient (Wildman–Crippen LogP) is 6.33. The Bertz CT molecular complexity index is 244. The molecule has 0 amide bonds. The van der Waals surface area contributed by atoms with E-state index in [4.69, 9.17) is 9.47 Å². The van der Waals surface area contributed by atoms with Crippen molar-refractivity contribution in [1.82, 2.24) is 0 Å². The second kappa shape index (κ2) is 14.8. The first-order chi connectivity index (χ1) is 10.7. The van der Waals surface area contributed by atoms with Crippen molar-refractivity contribution in [2.45, 2.75) is 93.3 Å². The molecule has 3 heteroatoms. The average Bonchev–Trinajstić information content (AvgIpc) is 2.55. The van der Waals surface area contributed by atoms with Crippen molar-refractivity contribution in [3.63, 3.8) is 0 Å². The first-order valence-corrected chi connectivity index (χ1v) is 15.1. The molecule has 0 fully saturated rings. The van der Waals surface area contributed by atoms with Gasteiger partial charge in [-0.1, -0.05) is 0 Å². The van der Waals surface area contributed by atoms with Gasteiger partial charge in [0, 0.05) is 0 Å². The third-order valence-corrected chi connectivity index (χ3v) is 16.4. The molecule has 0 aliphatic carbocycles. The predicted molar refractivity (Wildman–Crippen MR) is 101 cm³/mol. The van der Waals surface area contributed by atoms with Gasteiger partial charge in [-0.15, -0.1) is 0 Å². The van der Waals surface area contributed by atoms with Crippen LogP contribution in [0.4, 0.5) is 0 Å².